The zero-order valence-corrected chi connectivity index (χ0v) is 9.39. The molecule has 13 heavy (non-hydrogen) atoms. The van der Waals surface area contributed by atoms with Crippen LogP contribution in [0.3, 0.4) is 0 Å². The van der Waals surface area contributed by atoms with Crippen LogP contribution in [0.25, 0.3) is 10.9 Å². The fraction of sp³-hybridized carbons (Fsp3) is 0. The summed E-state index contributed by atoms with van der Waals surface area (Å²) in [6.07, 6.45) is 0. The molecule has 2 rings (SSSR count). The standard InChI is InChI=1S/C9H5ClINO/c10-6-2-3-7(11)9-5(6)1-4-8(13)12-9/h1-4H,(H,12,13). The highest BCUT2D eigenvalue weighted by Crippen LogP contribution is 2.24. The zero-order valence-electron chi connectivity index (χ0n) is 6.47. The Labute approximate surface area is 93.1 Å². The molecule has 0 amide bonds. The third-order valence-corrected chi connectivity index (χ3v) is 3.02. The molecule has 66 valence electrons. The Morgan fingerprint density at radius 1 is 1.23 bits per heavy atom. The number of halogens is 2. The van der Waals surface area contributed by atoms with Crippen molar-refractivity contribution in [3.8, 4) is 0 Å². The number of rotatable bonds is 0. The first-order valence-corrected chi connectivity index (χ1v) is 5.11. The molecule has 2 aromatic rings. The van der Waals surface area contributed by atoms with E-state index in [0.717, 1.165) is 14.5 Å². The number of nitrogens with one attached hydrogen (secondary N) is 1. The van der Waals surface area contributed by atoms with Gasteiger partial charge in [-0.15, -0.1) is 0 Å². The maximum absolute atomic E-state index is 11.0. The molecule has 1 aromatic heterocycles. The second kappa shape index (κ2) is 3.31. The Morgan fingerprint density at radius 2 is 2.00 bits per heavy atom. The average Bonchev–Trinajstić information content (AvgIpc) is 2.12. The fourth-order valence-electron chi connectivity index (χ4n) is 1.18. The average molecular weight is 306 g/mol. The van der Waals surface area contributed by atoms with Gasteiger partial charge in [0.25, 0.3) is 0 Å². The SMILES string of the molecule is O=c1ccc2c(Cl)ccc(I)c2[nH]1. The van der Waals surface area contributed by atoms with Crippen molar-refractivity contribution in [1.29, 1.82) is 0 Å². The Bertz CT molecular complexity index is 520. The Morgan fingerprint density at radius 3 is 2.77 bits per heavy atom. The summed E-state index contributed by atoms with van der Waals surface area (Å²) >= 11 is 8.12. The second-order valence-electron chi connectivity index (χ2n) is 2.64. The second-order valence-corrected chi connectivity index (χ2v) is 4.21. The van der Waals surface area contributed by atoms with Crippen LogP contribution < -0.4 is 5.56 Å². The molecular weight excluding hydrogens is 300 g/mol. The largest absolute Gasteiger partial charge is 0.321 e. The number of aromatic nitrogens is 1. The summed E-state index contributed by atoms with van der Waals surface area (Å²) in [5.41, 5.74) is 0.702. The van der Waals surface area contributed by atoms with Crippen LogP contribution in [0, 0.1) is 3.57 Å². The van der Waals surface area contributed by atoms with Gasteiger partial charge >= 0.3 is 0 Å². The van der Waals surface area contributed by atoms with E-state index in [1.807, 2.05) is 12.1 Å². The Kier molecular flexibility index (Phi) is 2.29. The molecule has 4 heteroatoms. The van der Waals surface area contributed by atoms with Crippen molar-refractivity contribution in [3.63, 3.8) is 0 Å². The van der Waals surface area contributed by atoms with Crippen LogP contribution in [0.1, 0.15) is 0 Å². The first kappa shape index (κ1) is 9.02. The van der Waals surface area contributed by atoms with Gasteiger partial charge < -0.3 is 4.98 Å². The number of hydrogen-bond donors (Lipinski definition) is 1. The third-order valence-electron chi connectivity index (χ3n) is 1.79. The summed E-state index contributed by atoms with van der Waals surface area (Å²) in [6, 6.07) is 6.91. The summed E-state index contributed by atoms with van der Waals surface area (Å²) in [5, 5.41) is 1.54. The highest BCUT2D eigenvalue weighted by atomic mass is 127. The number of aromatic amines is 1. The van der Waals surface area contributed by atoms with Crippen LogP contribution in [-0.2, 0) is 0 Å². The van der Waals surface area contributed by atoms with Crippen molar-refractivity contribution in [2.75, 3.05) is 0 Å². The van der Waals surface area contributed by atoms with E-state index in [4.69, 9.17) is 11.6 Å². The molecule has 0 saturated heterocycles. The molecule has 1 heterocycles. The molecular formula is C9H5ClINO. The van der Waals surface area contributed by atoms with Crippen molar-refractivity contribution >= 4 is 45.1 Å². The molecule has 0 saturated carbocycles. The zero-order chi connectivity index (χ0) is 9.42. The molecule has 0 bridgehead atoms. The van der Waals surface area contributed by atoms with Gasteiger partial charge in [-0.3, -0.25) is 4.79 Å². The predicted molar refractivity (Wildman–Crippen MR) is 62.3 cm³/mol. The van der Waals surface area contributed by atoms with Gasteiger partial charge in [-0.25, -0.2) is 0 Å². The lowest BCUT2D eigenvalue weighted by Crippen LogP contribution is -2.03. The Hall–Kier alpha value is -0.550. The van der Waals surface area contributed by atoms with Gasteiger partial charge in [-0.2, -0.15) is 0 Å². The maximum Gasteiger partial charge on any atom is 0.248 e. The molecule has 0 fully saturated rings. The minimum absolute atomic E-state index is 0.104. The number of benzene rings is 1. The number of pyridine rings is 1. The van der Waals surface area contributed by atoms with Crippen LogP contribution in [0.5, 0.6) is 0 Å². The van der Waals surface area contributed by atoms with E-state index in [0.29, 0.717) is 5.02 Å². The number of fused-ring (bicyclic) bond motifs is 1. The lowest BCUT2D eigenvalue weighted by atomic mass is 10.2. The van der Waals surface area contributed by atoms with Crippen molar-refractivity contribution in [2.45, 2.75) is 0 Å². The van der Waals surface area contributed by atoms with E-state index in [-0.39, 0.29) is 5.56 Å². The van der Waals surface area contributed by atoms with Crippen molar-refractivity contribution in [2.24, 2.45) is 0 Å². The van der Waals surface area contributed by atoms with Crippen LogP contribution in [0.2, 0.25) is 5.02 Å². The minimum atomic E-state index is -0.104. The number of H-pyrrole nitrogens is 1. The maximum atomic E-state index is 11.0. The molecule has 0 radical (unpaired) electrons. The Balaban J connectivity index is 3.00. The minimum Gasteiger partial charge on any atom is -0.321 e. The van der Waals surface area contributed by atoms with Gasteiger partial charge in [0.15, 0.2) is 0 Å². The van der Waals surface area contributed by atoms with Crippen molar-refractivity contribution in [1.82, 2.24) is 4.98 Å². The lowest BCUT2D eigenvalue weighted by Gasteiger charge is -2.01. The summed E-state index contributed by atoms with van der Waals surface area (Å²) in [4.78, 5) is 13.8. The predicted octanol–water partition coefficient (Wildman–Crippen LogP) is 2.79. The first-order chi connectivity index (χ1) is 6.18. The van der Waals surface area contributed by atoms with E-state index >= 15 is 0 Å². The summed E-state index contributed by atoms with van der Waals surface area (Å²) < 4.78 is 0.995. The first-order valence-electron chi connectivity index (χ1n) is 3.65. The highest BCUT2D eigenvalue weighted by molar-refractivity contribution is 14.1. The molecule has 0 atom stereocenters. The third kappa shape index (κ3) is 1.58. The van der Waals surface area contributed by atoms with E-state index in [2.05, 4.69) is 27.6 Å². The van der Waals surface area contributed by atoms with Gasteiger partial charge in [-0.1, -0.05) is 11.6 Å². The van der Waals surface area contributed by atoms with E-state index in [1.165, 1.54) is 6.07 Å². The van der Waals surface area contributed by atoms with Gasteiger partial charge in [0.1, 0.15) is 0 Å². The van der Waals surface area contributed by atoms with Crippen LogP contribution in [-0.4, -0.2) is 4.98 Å². The topological polar surface area (TPSA) is 32.9 Å². The molecule has 0 aliphatic heterocycles. The van der Waals surface area contributed by atoms with Crippen LogP contribution in [0.4, 0.5) is 0 Å². The van der Waals surface area contributed by atoms with Crippen LogP contribution >= 0.6 is 34.2 Å². The van der Waals surface area contributed by atoms with E-state index < -0.39 is 0 Å². The van der Waals surface area contributed by atoms with E-state index in [1.54, 1.807) is 6.07 Å². The normalized spacial score (nSPS) is 10.6. The summed E-state index contributed by atoms with van der Waals surface area (Å²) in [5.74, 6) is 0. The monoisotopic (exact) mass is 305 g/mol. The molecule has 1 N–H and O–H groups in total. The van der Waals surface area contributed by atoms with Gasteiger partial charge in [0.2, 0.25) is 5.56 Å². The van der Waals surface area contributed by atoms with Crippen molar-refractivity contribution in [3.05, 3.63) is 43.2 Å². The highest BCUT2D eigenvalue weighted by Gasteiger charge is 2.02. The fourth-order valence-corrected chi connectivity index (χ4v) is 2.01. The molecule has 2 nitrogen and oxygen atoms in total. The van der Waals surface area contributed by atoms with Crippen molar-refractivity contribution < 1.29 is 0 Å². The van der Waals surface area contributed by atoms with Crippen LogP contribution in [0.15, 0.2) is 29.1 Å². The lowest BCUT2D eigenvalue weighted by molar-refractivity contribution is 1.30. The summed E-state index contributed by atoms with van der Waals surface area (Å²) in [7, 11) is 0. The molecule has 1 aromatic carbocycles. The molecule has 0 spiro atoms. The van der Waals surface area contributed by atoms with E-state index in [9.17, 15) is 4.79 Å². The molecule has 0 aliphatic rings. The molecule has 0 unspecified atom stereocenters. The van der Waals surface area contributed by atoms with Gasteiger partial charge in [0, 0.05) is 20.0 Å². The molecule has 0 aliphatic carbocycles. The smallest absolute Gasteiger partial charge is 0.248 e. The van der Waals surface area contributed by atoms with Gasteiger partial charge in [-0.05, 0) is 40.8 Å². The van der Waals surface area contributed by atoms with Gasteiger partial charge in [0.05, 0.1) is 5.52 Å². The number of hydrogen-bond acceptors (Lipinski definition) is 1. The quantitative estimate of drug-likeness (QED) is 0.746. The summed E-state index contributed by atoms with van der Waals surface area (Å²) in [6.45, 7) is 0.